The normalized spacial score (nSPS) is 18.1. The van der Waals surface area contributed by atoms with Crippen LogP contribution in [0.15, 0.2) is 30.3 Å². The maximum absolute atomic E-state index is 12.9. The average Bonchev–Trinajstić information content (AvgIpc) is 3.17. The molecule has 25 heavy (non-hydrogen) atoms. The number of likely N-dealkylation sites (tertiary alicyclic amines) is 1. The third-order valence-corrected chi connectivity index (χ3v) is 7.24. The van der Waals surface area contributed by atoms with E-state index >= 15 is 0 Å². The van der Waals surface area contributed by atoms with E-state index in [1.165, 1.54) is 19.5 Å². The summed E-state index contributed by atoms with van der Waals surface area (Å²) in [7, 11) is 0. The van der Waals surface area contributed by atoms with Crippen LogP contribution in [0.3, 0.4) is 0 Å². The molecular weight excluding hydrogens is 354 g/mol. The molecule has 4 nitrogen and oxygen atoms in total. The monoisotopic (exact) mass is 373 g/mol. The number of piperidine rings is 1. The zero-order valence-corrected chi connectivity index (χ0v) is 15.4. The minimum atomic E-state index is -0.756. The Hall–Kier alpha value is -1.92. The zero-order valence-electron chi connectivity index (χ0n) is 13.7. The Bertz CT molecular complexity index is 943. The molecule has 1 aromatic carbocycles. The second kappa shape index (κ2) is 6.77. The molecular formula is C19H19NO3S2. The first-order chi connectivity index (χ1) is 12.1. The number of thiophene rings is 2. The maximum Gasteiger partial charge on any atom is 0.303 e. The Morgan fingerprint density at radius 3 is 2.88 bits per heavy atom. The van der Waals surface area contributed by atoms with E-state index in [1.807, 2.05) is 23.1 Å². The molecule has 1 fully saturated rings. The molecule has 0 bridgehead atoms. The van der Waals surface area contributed by atoms with Crippen molar-refractivity contribution in [1.29, 1.82) is 0 Å². The largest absolute Gasteiger partial charge is 0.481 e. The summed E-state index contributed by atoms with van der Waals surface area (Å²) in [6.45, 7) is 1.45. The van der Waals surface area contributed by atoms with Gasteiger partial charge in [0.2, 0.25) is 0 Å². The minimum Gasteiger partial charge on any atom is -0.481 e. The van der Waals surface area contributed by atoms with Crippen molar-refractivity contribution in [3.05, 3.63) is 35.2 Å². The number of carboxylic acid groups (broad SMARTS) is 1. The lowest BCUT2D eigenvalue weighted by atomic mass is 9.93. The lowest BCUT2D eigenvalue weighted by molar-refractivity contribution is -0.137. The van der Waals surface area contributed by atoms with Crippen molar-refractivity contribution in [2.75, 3.05) is 13.1 Å². The average molecular weight is 373 g/mol. The number of aliphatic carboxylic acids is 1. The fraction of sp³-hybridized carbons (Fsp3) is 0.368. The number of fused-ring (bicyclic) bond motifs is 3. The predicted molar refractivity (Wildman–Crippen MR) is 103 cm³/mol. The summed E-state index contributed by atoms with van der Waals surface area (Å²) in [5, 5.41) is 10.1. The van der Waals surface area contributed by atoms with Crippen LogP contribution in [-0.4, -0.2) is 35.0 Å². The maximum atomic E-state index is 12.9. The van der Waals surface area contributed by atoms with E-state index in [1.54, 1.807) is 22.7 Å². The first-order valence-corrected chi connectivity index (χ1v) is 10.2. The highest BCUT2D eigenvalue weighted by Crippen LogP contribution is 2.39. The number of hydrogen-bond acceptors (Lipinski definition) is 4. The molecule has 130 valence electrons. The molecule has 0 radical (unpaired) electrons. The second-order valence-corrected chi connectivity index (χ2v) is 8.73. The Balaban J connectivity index is 1.53. The third kappa shape index (κ3) is 3.28. The summed E-state index contributed by atoms with van der Waals surface area (Å²) in [6, 6.07) is 10.3. The molecule has 1 aliphatic heterocycles. The molecule has 1 unspecified atom stereocenters. The number of nitrogens with zero attached hydrogens (tertiary/aromatic N) is 1. The van der Waals surface area contributed by atoms with E-state index in [9.17, 15) is 9.59 Å². The molecule has 2 aromatic heterocycles. The molecule has 3 aromatic rings. The van der Waals surface area contributed by atoms with Crippen LogP contribution in [-0.2, 0) is 4.79 Å². The van der Waals surface area contributed by atoms with Crippen LogP contribution < -0.4 is 0 Å². The van der Waals surface area contributed by atoms with Gasteiger partial charge in [-0.25, -0.2) is 0 Å². The molecule has 4 rings (SSSR count). The van der Waals surface area contributed by atoms with Gasteiger partial charge < -0.3 is 10.0 Å². The van der Waals surface area contributed by atoms with Crippen molar-refractivity contribution in [3.8, 4) is 0 Å². The van der Waals surface area contributed by atoms with Gasteiger partial charge in [-0.05, 0) is 37.3 Å². The molecule has 1 atom stereocenters. The highest BCUT2D eigenvalue weighted by atomic mass is 32.1. The molecule has 6 heteroatoms. The first kappa shape index (κ1) is 16.5. The molecule has 1 N–H and O–H groups in total. The summed E-state index contributed by atoms with van der Waals surface area (Å²) in [5.74, 6) is -0.359. The van der Waals surface area contributed by atoms with E-state index in [4.69, 9.17) is 5.11 Å². The molecule has 1 saturated heterocycles. The second-order valence-electron chi connectivity index (χ2n) is 6.59. The topological polar surface area (TPSA) is 57.6 Å². The number of carboxylic acids is 1. The number of rotatable bonds is 4. The predicted octanol–water partition coefficient (Wildman–Crippen LogP) is 4.83. The number of carbonyl (C=O) groups excluding carboxylic acids is 1. The third-order valence-electron chi connectivity index (χ3n) is 4.83. The van der Waals surface area contributed by atoms with Gasteiger partial charge in [-0.1, -0.05) is 18.2 Å². The fourth-order valence-electron chi connectivity index (χ4n) is 3.57. The highest BCUT2D eigenvalue weighted by molar-refractivity contribution is 7.33. The van der Waals surface area contributed by atoms with Crippen LogP contribution in [0.2, 0.25) is 0 Å². The Labute approximate surface area is 153 Å². The summed E-state index contributed by atoms with van der Waals surface area (Å²) in [5.41, 5.74) is 0. The number of carbonyl (C=O) groups is 2. The highest BCUT2D eigenvalue weighted by Gasteiger charge is 2.26. The Morgan fingerprint density at radius 2 is 2.04 bits per heavy atom. The molecule has 1 aliphatic rings. The quantitative estimate of drug-likeness (QED) is 0.712. The molecule has 0 saturated carbocycles. The molecule has 1 amide bonds. The van der Waals surface area contributed by atoms with Gasteiger partial charge in [0.15, 0.2) is 0 Å². The van der Waals surface area contributed by atoms with Crippen molar-refractivity contribution < 1.29 is 14.7 Å². The number of hydrogen-bond donors (Lipinski definition) is 1. The van der Waals surface area contributed by atoms with E-state index in [-0.39, 0.29) is 12.3 Å². The minimum absolute atomic E-state index is 0.0949. The van der Waals surface area contributed by atoms with E-state index < -0.39 is 5.97 Å². The summed E-state index contributed by atoms with van der Waals surface area (Å²) in [4.78, 5) is 26.4. The number of benzene rings is 1. The van der Waals surface area contributed by atoms with Crippen LogP contribution >= 0.6 is 22.7 Å². The van der Waals surface area contributed by atoms with Crippen molar-refractivity contribution in [3.63, 3.8) is 0 Å². The number of amides is 1. The lowest BCUT2D eigenvalue weighted by Crippen LogP contribution is -2.39. The van der Waals surface area contributed by atoms with Gasteiger partial charge in [0.1, 0.15) is 0 Å². The van der Waals surface area contributed by atoms with Gasteiger partial charge >= 0.3 is 5.97 Å². The van der Waals surface area contributed by atoms with Gasteiger partial charge in [-0.3, -0.25) is 9.59 Å². The molecule has 3 heterocycles. The van der Waals surface area contributed by atoms with Crippen molar-refractivity contribution in [2.24, 2.45) is 5.92 Å². The summed E-state index contributed by atoms with van der Waals surface area (Å²) < 4.78 is 3.63. The van der Waals surface area contributed by atoms with Crippen molar-refractivity contribution in [1.82, 2.24) is 4.90 Å². The molecule has 0 aliphatic carbocycles. The molecule has 0 spiro atoms. The fourth-order valence-corrected chi connectivity index (χ4v) is 6.07. The van der Waals surface area contributed by atoms with Gasteiger partial charge in [0.25, 0.3) is 5.91 Å². The zero-order chi connectivity index (χ0) is 17.4. The van der Waals surface area contributed by atoms with E-state index in [2.05, 4.69) is 12.1 Å². The van der Waals surface area contributed by atoms with Gasteiger partial charge in [0.05, 0.1) is 9.58 Å². The first-order valence-electron chi connectivity index (χ1n) is 8.54. The summed E-state index contributed by atoms with van der Waals surface area (Å²) >= 11 is 3.31. The van der Waals surface area contributed by atoms with Crippen molar-refractivity contribution >= 4 is 54.0 Å². The van der Waals surface area contributed by atoms with Gasteiger partial charge in [-0.15, -0.1) is 22.7 Å². The lowest BCUT2D eigenvalue weighted by Gasteiger charge is -2.32. The van der Waals surface area contributed by atoms with Crippen LogP contribution in [0.4, 0.5) is 0 Å². The van der Waals surface area contributed by atoms with Crippen molar-refractivity contribution in [2.45, 2.75) is 25.7 Å². The van der Waals surface area contributed by atoms with E-state index in [0.717, 1.165) is 24.3 Å². The van der Waals surface area contributed by atoms with E-state index in [0.29, 0.717) is 18.9 Å². The van der Waals surface area contributed by atoms with Crippen LogP contribution in [0, 0.1) is 5.92 Å². The van der Waals surface area contributed by atoms with Gasteiger partial charge in [-0.2, -0.15) is 0 Å². The van der Waals surface area contributed by atoms with Gasteiger partial charge in [0, 0.05) is 34.3 Å². The van der Waals surface area contributed by atoms with Crippen LogP contribution in [0.5, 0.6) is 0 Å². The summed E-state index contributed by atoms with van der Waals surface area (Å²) in [6.07, 6.45) is 2.82. The Kier molecular flexibility index (Phi) is 4.48. The smallest absolute Gasteiger partial charge is 0.303 e. The van der Waals surface area contributed by atoms with Crippen LogP contribution in [0.25, 0.3) is 19.5 Å². The standard InChI is InChI=1S/C19H19NO3S2/c21-17(22)8-7-12-4-3-9-20(11-12)19(23)16-10-15-18(25-16)13-5-1-2-6-14(13)24-15/h1-2,5-6,10,12H,3-4,7-9,11H2,(H,21,22). The SMILES string of the molecule is O=C(O)CCC1CCCN(C(=O)c2cc3sc4ccccc4c3s2)C1. The van der Waals surface area contributed by atoms with Crippen LogP contribution in [0.1, 0.15) is 35.4 Å². The Morgan fingerprint density at radius 1 is 1.20 bits per heavy atom.